The van der Waals surface area contributed by atoms with Crippen molar-refractivity contribution in [2.24, 2.45) is 0 Å². The fourth-order valence-electron chi connectivity index (χ4n) is 1.98. The van der Waals surface area contributed by atoms with Crippen LogP contribution in [0.5, 0.6) is 0 Å². The minimum absolute atomic E-state index is 0.0361. The van der Waals surface area contributed by atoms with E-state index in [1.54, 1.807) is 24.1 Å². The molecule has 1 rings (SSSR count). The van der Waals surface area contributed by atoms with Gasteiger partial charge in [0.05, 0.1) is 0 Å². The molecule has 4 nitrogen and oxygen atoms in total. The molecule has 0 aromatic heterocycles. The molecule has 0 saturated heterocycles. The number of aliphatic hydroxyl groups is 2. The Balaban J connectivity index is 2.73. The molecular formula is C17H23NO3. The summed E-state index contributed by atoms with van der Waals surface area (Å²) in [5.41, 5.74) is 2.36. The molecule has 0 saturated carbocycles. The van der Waals surface area contributed by atoms with Crippen LogP contribution in [-0.4, -0.2) is 47.8 Å². The van der Waals surface area contributed by atoms with E-state index in [0.717, 1.165) is 30.4 Å². The molecule has 114 valence electrons. The molecule has 4 heteroatoms. The number of nitrogens with zero attached hydrogens (tertiary/aromatic N) is 1. The summed E-state index contributed by atoms with van der Waals surface area (Å²) in [6, 6.07) is 5.44. The Labute approximate surface area is 126 Å². The normalized spacial score (nSPS) is 9.90. The predicted octanol–water partition coefficient (Wildman–Crippen LogP) is 1.57. The van der Waals surface area contributed by atoms with Crippen molar-refractivity contribution in [1.29, 1.82) is 0 Å². The quantitative estimate of drug-likeness (QED) is 0.617. The van der Waals surface area contributed by atoms with Crippen LogP contribution in [0.4, 0.5) is 0 Å². The SMILES string of the molecule is Cc1ccc(C(=O)N(C)CCCCCO)cc1C#CCO. The van der Waals surface area contributed by atoms with Crippen LogP contribution in [-0.2, 0) is 0 Å². The zero-order chi connectivity index (χ0) is 15.7. The van der Waals surface area contributed by atoms with Crippen LogP contribution in [0.15, 0.2) is 18.2 Å². The van der Waals surface area contributed by atoms with Gasteiger partial charge in [0.25, 0.3) is 5.91 Å². The molecule has 1 amide bonds. The summed E-state index contributed by atoms with van der Waals surface area (Å²) in [6.07, 6.45) is 2.56. The van der Waals surface area contributed by atoms with Gasteiger partial charge < -0.3 is 15.1 Å². The second-order valence-corrected chi connectivity index (χ2v) is 5.00. The molecule has 0 radical (unpaired) electrons. The van der Waals surface area contributed by atoms with Crippen molar-refractivity contribution in [2.75, 3.05) is 26.8 Å². The fourth-order valence-corrected chi connectivity index (χ4v) is 1.98. The van der Waals surface area contributed by atoms with Crippen LogP contribution in [0.1, 0.15) is 40.7 Å². The van der Waals surface area contributed by atoms with E-state index in [1.807, 2.05) is 13.0 Å². The van der Waals surface area contributed by atoms with Gasteiger partial charge in [-0.3, -0.25) is 4.79 Å². The van der Waals surface area contributed by atoms with Crippen LogP contribution < -0.4 is 0 Å². The Bertz CT molecular complexity index is 529. The van der Waals surface area contributed by atoms with Gasteiger partial charge in [0, 0.05) is 31.3 Å². The lowest BCUT2D eigenvalue weighted by Gasteiger charge is -2.17. The van der Waals surface area contributed by atoms with Crippen LogP contribution in [0.2, 0.25) is 0 Å². The molecule has 21 heavy (non-hydrogen) atoms. The van der Waals surface area contributed by atoms with E-state index in [4.69, 9.17) is 10.2 Å². The first-order chi connectivity index (χ1) is 10.1. The number of unbranched alkanes of at least 4 members (excludes halogenated alkanes) is 2. The number of amides is 1. The standard InChI is InChI=1S/C17H23NO3/c1-14-8-9-16(13-15(14)7-6-12-20)17(21)18(2)10-4-3-5-11-19/h8-9,13,19-20H,3-5,10-12H2,1-2H3. The highest BCUT2D eigenvalue weighted by molar-refractivity contribution is 5.94. The molecule has 0 fully saturated rings. The zero-order valence-electron chi connectivity index (χ0n) is 12.7. The third-order valence-electron chi connectivity index (χ3n) is 3.28. The van der Waals surface area contributed by atoms with Crippen molar-refractivity contribution in [3.63, 3.8) is 0 Å². The van der Waals surface area contributed by atoms with Gasteiger partial charge in [-0.05, 0) is 43.9 Å². The van der Waals surface area contributed by atoms with E-state index < -0.39 is 0 Å². The molecule has 0 aliphatic rings. The average molecular weight is 289 g/mol. The smallest absolute Gasteiger partial charge is 0.253 e. The first kappa shape index (κ1) is 17.2. The number of carbonyl (C=O) groups is 1. The van der Waals surface area contributed by atoms with Gasteiger partial charge in [-0.15, -0.1) is 0 Å². The summed E-state index contributed by atoms with van der Waals surface area (Å²) in [5, 5.41) is 17.5. The zero-order valence-corrected chi connectivity index (χ0v) is 12.7. The Morgan fingerprint density at radius 3 is 2.67 bits per heavy atom. The number of carbonyl (C=O) groups excluding carboxylic acids is 1. The first-order valence-corrected chi connectivity index (χ1v) is 7.17. The minimum atomic E-state index is -0.192. The number of aryl methyl sites for hydroxylation is 1. The summed E-state index contributed by atoms with van der Waals surface area (Å²) >= 11 is 0. The molecule has 1 aromatic rings. The van der Waals surface area contributed by atoms with E-state index in [9.17, 15) is 4.79 Å². The molecule has 1 aromatic carbocycles. The number of hydrogen-bond donors (Lipinski definition) is 2. The maximum atomic E-state index is 12.3. The summed E-state index contributed by atoms with van der Waals surface area (Å²) < 4.78 is 0. The highest BCUT2D eigenvalue weighted by Crippen LogP contribution is 2.12. The first-order valence-electron chi connectivity index (χ1n) is 7.17. The second-order valence-electron chi connectivity index (χ2n) is 5.00. The van der Waals surface area contributed by atoms with Crippen molar-refractivity contribution < 1.29 is 15.0 Å². The van der Waals surface area contributed by atoms with Gasteiger partial charge in [-0.25, -0.2) is 0 Å². The molecule has 0 bridgehead atoms. The minimum Gasteiger partial charge on any atom is -0.396 e. The lowest BCUT2D eigenvalue weighted by atomic mass is 10.0. The van der Waals surface area contributed by atoms with Gasteiger partial charge >= 0.3 is 0 Å². The fraction of sp³-hybridized carbons (Fsp3) is 0.471. The monoisotopic (exact) mass is 289 g/mol. The van der Waals surface area contributed by atoms with E-state index in [-0.39, 0.29) is 19.1 Å². The molecule has 0 aliphatic heterocycles. The average Bonchev–Trinajstić information content (AvgIpc) is 2.50. The summed E-state index contributed by atoms with van der Waals surface area (Å²) in [5.74, 6) is 5.43. The van der Waals surface area contributed by atoms with Crippen molar-refractivity contribution >= 4 is 5.91 Å². The summed E-state index contributed by atoms with van der Waals surface area (Å²) in [6.45, 7) is 2.60. The molecule has 0 atom stereocenters. The molecule has 0 unspecified atom stereocenters. The largest absolute Gasteiger partial charge is 0.396 e. The van der Waals surface area contributed by atoms with Crippen LogP contribution in [0, 0.1) is 18.8 Å². The third kappa shape index (κ3) is 5.58. The topological polar surface area (TPSA) is 60.8 Å². The Hall–Kier alpha value is -1.83. The van der Waals surface area contributed by atoms with Crippen LogP contribution in [0.3, 0.4) is 0 Å². The Kier molecular flexibility index (Phi) is 7.52. The van der Waals surface area contributed by atoms with E-state index in [0.29, 0.717) is 12.1 Å². The number of aliphatic hydroxyl groups excluding tert-OH is 2. The maximum absolute atomic E-state index is 12.3. The van der Waals surface area contributed by atoms with Gasteiger partial charge in [0.2, 0.25) is 0 Å². The van der Waals surface area contributed by atoms with Crippen LogP contribution >= 0.6 is 0 Å². The summed E-state index contributed by atoms with van der Waals surface area (Å²) in [7, 11) is 1.78. The van der Waals surface area contributed by atoms with Crippen molar-refractivity contribution in [3.05, 3.63) is 34.9 Å². The lowest BCUT2D eigenvalue weighted by molar-refractivity contribution is 0.0792. The molecule has 2 N–H and O–H groups in total. The predicted molar refractivity (Wildman–Crippen MR) is 83.0 cm³/mol. The molecule has 0 heterocycles. The number of rotatable bonds is 6. The van der Waals surface area contributed by atoms with E-state index in [2.05, 4.69) is 11.8 Å². The summed E-state index contributed by atoms with van der Waals surface area (Å²) in [4.78, 5) is 14.0. The lowest BCUT2D eigenvalue weighted by Crippen LogP contribution is -2.27. The third-order valence-corrected chi connectivity index (χ3v) is 3.28. The van der Waals surface area contributed by atoms with Crippen molar-refractivity contribution in [3.8, 4) is 11.8 Å². The van der Waals surface area contributed by atoms with Gasteiger partial charge in [-0.2, -0.15) is 0 Å². The van der Waals surface area contributed by atoms with E-state index >= 15 is 0 Å². The Morgan fingerprint density at radius 2 is 2.00 bits per heavy atom. The molecule has 0 spiro atoms. The van der Waals surface area contributed by atoms with Crippen LogP contribution in [0.25, 0.3) is 0 Å². The highest BCUT2D eigenvalue weighted by atomic mass is 16.3. The second kappa shape index (κ2) is 9.17. The van der Waals surface area contributed by atoms with E-state index in [1.165, 1.54) is 0 Å². The highest BCUT2D eigenvalue weighted by Gasteiger charge is 2.12. The number of benzene rings is 1. The molecular weight excluding hydrogens is 266 g/mol. The van der Waals surface area contributed by atoms with Crippen molar-refractivity contribution in [1.82, 2.24) is 4.90 Å². The Morgan fingerprint density at radius 1 is 1.24 bits per heavy atom. The van der Waals surface area contributed by atoms with Crippen molar-refractivity contribution in [2.45, 2.75) is 26.2 Å². The number of hydrogen-bond acceptors (Lipinski definition) is 3. The van der Waals surface area contributed by atoms with Gasteiger partial charge in [-0.1, -0.05) is 17.9 Å². The molecule has 0 aliphatic carbocycles. The van der Waals surface area contributed by atoms with Gasteiger partial charge in [0.1, 0.15) is 6.61 Å². The van der Waals surface area contributed by atoms with Gasteiger partial charge in [0.15, 0.2) is 0 Å². The maximum Gasteiger partial charge on any atom is 0.253 e.